The van der Waals surface area contributed by atoms with Crippen LogP contribution in [0.5, 0.6) is 5.75 Å². The Morgan fingerprint density at radius 3 is 1.29 bits per heavy atom. The highest BCUT2D eigenvalue weighted by Gasteiger charge is 2.51. The minimum Gasteiger partial charge on any atom is -0.485 e. The Hall–Kier alpha value is -9.86. The van der Waals surface area contributed by atoms with Gasteiger partial charge in [-0.25, -0.2) is 0 Å². The van der Waals surface area contributed by atoms with Crippen LogP contribution in [-0.2, 0) is 22.7 Å². The predicted molar refractivity (Wildman–Crippen MR) is 355 cm³/mol. The highest BCUT2D eigenvalue weighted by Crippen LogP contribution is 2.53. The van der Waals surface area contributed by atoms with Gasteiger partial charge in [0.1, 0.15) is 68.4 Å². The smallest absolute Gasteiger partial charge is 0.342 e. The van der Waals surface area contributed by atoms with Gasteiger partial charge in [0.05, 0.1) is 11.4 Å². The van der Waals surface area contributed by atoms with Crippen molar-refractivity contribution in [2.45, 2.75) is 91.1 Å². The molecule has 0 saturated heterocycles. The molecule has 0 fully saturated rings. The summed E-state index contributed by atoms with van der Waals surface area (Å²) in [6, 6.07) is 71.6. The van der Waals surface area contributed by atoms with Gasteiger partial charge >= 0.3 is 6.71 Å². The molecule has 14 aromatic rings. The first kappa shape index (κ1) is 51.6. The summed E-state index contributed by atoms with van der Waals surface area (Å²) >= 11 is 0. The summed E-state index contributed by atoms with van der Waals surface area (Å²) in [5.41, 5.74) is 20.5. The number of hydrogen-bond donors (Lipinski definition) is 0. The Balaban J connectivity index is 0.993. The van der Waals surface area contributed by atoms with Gasteiger partial charge in [0.2, 0.25) is 0 Å². The molecule has 0 aliphatic carbocycles. The number of benzene rings is 9. The number of anilines is 6. The second-order valence-electron chi connectivity index (χ2n) is 27.3. The van der Waals surface area contributed by atoms with Crippen LogP contribution in [0.1, 0.15) is 96.2 Å². The summed E-state index contributed by atoms with van der Waals surface area (Å²) in [6.45, 7) is 20.2. The molecular weight excluding hydrogens is 1070 g/mol. The fraction of sp³-hybridized carbons (Fsp3) is 0.179. The van der Waals surface area contributed by atoms with Gasteiger partial charge in [-0.05, 0) is 165 Å². The van der Waals surface area contributed by atoms with Gasteiger partial charge in [-0.2, -0.15) is 0 Å². The Morgan fingerprint density at radius 1 is 0.391 bits per heavy atom. The number of hydrogen-bond acceptors (Lipinski definition) is 8. The van der Waals surface area contributed by atoms with Crippen molar-refractivity contribution in [3.8, 4) is 39.7 Å². The van der Waals surface area contributed by atoms with Crippen LogP contribution in [0.4, 0.5) is 34.1 Å². The third-order valence-electron chi connectivity index (χ3n) is 18.4. The summed E-state index contributed by atoms with van der Waals surface area (Å²) in [4.78, 5) is 4.96. The minimum atomic E-state index is -0.475. The highest BCUT2D eigenvalue weighted by molar-refractivity contribution is 6.99. The van der Waals surface area contributed by atoms with Crippen LogP contribution < -0.4 is 31.3 Å². The van der Waals surface area contributed by atoms with E-state index in [1.807, 2.05) is 36.4 Å². The maximum absolute atomic E-state index is 7.58. The van der Waals surface area contributed by atoms with Gasteiger partial charge in [-0.3, -0.25) is 0 Å². The molecule has 0 radical (unpaired) electrons. The van der Waals surface area contributed by atoms with Crippen molar-refractivity contribution in [3.05, 3.63) is 228 Å². The quantitative estimate of drug-likeness (QED) is 0.152. The normalized spacial score (nSPS) is 14.8. The van der Waals surface area contributed by atoms with Gasteiger partial charge in [0, 0.05) is 72.8 Å². The summed E-state index contributed by atoms with van der Waals surface area (Å²) in [6.07, 6.45) is 0.479. The molecule has 8 nitrogen and oxygen atoms in total. The van der Waals surface area contributed by atoms with E-state index >= 15 is 0 Å². The average Bonchev–Trinajstić information content (AvgIpc) is 1.64. The molecule has 1 unspecified atom stereocenters. The van der Waals surface area contributed by atoms with E-state index in [1.54, 1.807) is 0 Å². The van der Waals surface area contributed by atoms with Crippen molar-refractivity contribution >= 4 is 112 Å². The van der Waals surface area contributed by atoms with E-state index in [1.165, 1.54) is 16.7 Å². The van der Waals surface area contributed by atoms with Crippen LogP contribution in [-0.4, -0.2) is 6.71 Å². The van der Waals surface area contributed by atoms with Crippen molar-refractivity contribution in [2.24, 2.45) is 0 Å². The molecule has 9 aromatic carbocycles. The molecule has 424 valence electrons. The number of rotatable bonds is 6. The van der Waals surface area contributed by atoms with E-state index < -0.39 is 6.71 Å². The molecule has 0 spiro atoms. The zero-order valence-electron chi connectivity index (χ0n) is 50.3. The first-order chi connectivity index (χ1) is 41.9. The third-order valence-corrected chi connectivity index (χ3v) is 18.4. The van der Waals surface area contributed by atoms with Gasteiger partial charge in [-0.1, -0.05) is 147 Å². The summed E-state index contributed by atoms with van der Waals surface area (Å²) in [5.74, 6) is 3.20. The van der Waals surface area contributed by atoms with Crippen molar-refractivity contribution in [3.63, 3.8) is 0 Å². The average molecular weight is 1140 g/mol. The van der Waals surface area contributed by atoms with Crippen LogP contribution >= 0.6 is 0 Å². The molecule has 0 saturated carbocycles. The number of furan rings is 5. The molecule has 0 N–H and O–H groups in total. The topological polar surface area (TPSA) is 81.4 Å². The number of nitrogens with zero attached hydrogens (tertiary/aromatic N) is 2. The van der Waals surface area contributed by atoms with Gasteiger partial charge in [0.25, 0.3) is 0 Å². The monoisotopic (exact) mass is 1130 g/mol. The lowest BCUT2D eigenvalue weighted by atomic mass is 9.37. The SMILES string of the molecule is CC(C)(C)c1cc2c3c(c1)N(c1cc(-c4cc5ccccc5o4)cc(C4Cc5ccccc5O4)c1)c1c(oc4ccc(C(C)(C)C)cc14)B3c1oc3ccc(C(C)(C)C)cc3c1N2c1cc(-c2cc3ccccc3o2)cc(-c2cc3ccccc3o2)c1. The van der Waals surface area contributed by atoms with E-state index in [4.69, 9.17) is 26.8 Å². The van der Waals surface area contributed by atoms with E-state index in [9.17, 15) is 0 Å². The maximum atomic E-state index is 7.58. The maximum Gasteiger partial charge on any atom is 0.342 e. The van der Waals surface area contributed by atoms with Crippen LogP contribution in [0, 0.1) is 0 Å². The zero-order chi connectivity index (χ0) is 59.0. The van der Waals surface area contributed by atoms with Crippen molar-refractivity contribution in [2.75, 3.05) is 9.80 Å². The Bertz CT molecular complexity index is 4960. The lowest BCUT2D eigenvalue weighted by Gasteiger charge is -2.42. The van der Waals surface area contributed by atoms with Crippen LogP contribution in [0.3, 0.4) is 0 Å². The van der Waals surface area contributed by atoms with E-state index in [0.29, 0.717) is 0 Å². The standard InChI is InChI=1S/C78H63BN2O6/c1-76(2,3)52-26-28-65-57(40-52)72-74(86-65)79-71-59(80(72)55-32-48(67-36-44-18-10-14-22-61(44)82-67)30-49(33-55)68-37-45-19-11-15-23-62(45)83-68)42-54(78(7,8)9)43-60(71)81(73-58-41-53(77(4,5)6)27-29-66(58)87-75(73)79)56-34-50(69-38-46-20-12-16-24-63(46)84-69)31-51(35-56)70-39-47-21-13-17-25-64(47)85-70/h10-38,40-43,70H,39H2,1-9H3. The zero-order valence-corrected chi connectivity index (χ0v) is 50.3. The van der Waals surface area contributed by atoms with E-state index in [0.717, 1.165) is 163 Å². The van der Waals surface area contributed by atoms with Crippen molar-refractivity contribution in [1.29, 1.82) is 0 Å². The first-order valence-electron chi connectivity index (χ1n) is 30.4. The van der Waals surface area contributed by atoms with Crippen molar-refractivity contribution < 1.29 is 26.8 Å². The van der Waals surface area contributed by atoms with Gasteiger partial charge in [-0.15, -0.1) is 0 Å². The Kier molecular flexibility index (Phi) is 10.9. The summed E-state index contributed by atoms with van der Waals surface area (Å²) in [5, 5.41) is 5.14. The molecule has 1 atom stereocenters. The fourth-order valence-electron chi connectivity index (χ4n) is 13.7. The predicted octanol–water partition coefficient (Wildman–Crippen LogP) is 20.1. The largest absolute Gasteiger partial charge is 0.485 e. The third kappa shape index (κ3) is 8.19. The molecule has 17 rings (SSSR count). The Labute approximate surface area is 505 Å². The van der Waals surface area contributed by atoms with Crippen molar-refractivity contribution in [1.82, 2.24) is 0 Å². The molecule has 9 heteroatoms. The number of ether oxygens (including phenoxy) is 1. The molecule has 5 aromatic heterocycles. The van der Waals surface area contributed by atoms with Crippen LogP contribution in [0.15, 0.2) is 222 Å². The lowest BCUT2D eigenvalue weighted by Crippen LogP contribution is -2.60. The first-order valence-corrected chi connectivity index (χ1v) is 30.4. The fourth-order valence-corrected chi connectivity index (χ4v) is 13.7. The lowest BCUT2D eigenvalue weighted by molar-refractivity contribution is 0.239. The van der Waals surface area contributed by atoms with Gasteiger partial charge < -0.3 is 36.6 Å². The molecule has 3 aliphatic rings. The number of fused-ring (bicyclic) bond motifs is 12. The van der Waals surface area contributed by atoms with Crippen LogP contribution in [0.25, 0.3) is 88.8 Å². The second-order valence-corrected chi connectivity index (χ2v) is 27.3. The molecular formula is C78H63BN2O6. The second kappa shape index (κ2) is 18.3. The highest BCUT2D eigenvalue weighted by atomic mass is 16.5. The van der Waals surface area contributed by atoms with Crippen LogP contribution in [0.2, 0.25) is 0 Å². The van der Waals surface area contributed by atoms with E-state index in [2.05, 4.69) is 236 Å². The van der Waals surface area contributed by atoms with E-state index in [-0.39, 0.29) is 22.3 Å². The summed E-state index contributed by atoms with van der Waals surface area (Å²) < 4.78 is 42.5. The molecule has 0 amide bonds. The molecule has 0 bridgehead atoms. The molecule has 3 aliphatic heterocycles. The summed E-state index contributed by atoms with van der Waals surface area (Å²) in [7, 11) is 0. The minimum absolute atomic E-state index is 0.161. The molecule has 87 heavy (non-hydrogen) atoms. The molecule has 8 heterocycles. The number of para-hydroxylation sites is 4. The Morgan fingerprint density at radius 2 is 0.828 bits per heavy atom. The van der Waals surface area contributed by atoms with Gasteiger partial charge in [0.15, 0.2) is 0 Å².